The molecule has 0 aliphatic carbocycles. The third-order valence-corrected chi connectivity index (χ3v) is 2.89. The molecular formula is C13H10ClN3. The van der Waals surface area contributed by atoms with Crippen molar-refractivity contribution in [3.8, 4) is 11.4 Å². The number of nitrogen functional groups attached to an aromatic ring is 1. The second-order valence-electron chi connectivity index (χ2n) is 3.83. The van der Waals surface area contributed by atoms with Crippen molar-refractivity contribution in [2.75, 3.05) is 5.73 Å². The summed E-state index contributed by atoms with van der Waals surface area (Å²) in [6, 6.07) is 13.2. The molecule has 17 heavy (non-hydrogen) atoms. The van der Waals surface area contributed by atoms with Gasteiger partial charge in [-0.15, -0.1) is 0 Å². The first-order chi connectivity index (χ1) is 8.24. The first-order valence-electron chi connectivity index (χ1n) is 5.24. The van der Waals surface area contributed by atoms with Crippen molar-refractivity contribution in [3.63, 3.8) is 0 Å². The Hall–Kier alpha value is -2.00. The molecule has 3 aromatic rings. The van der Waals surface area contributed by atoms with Gasteiger partial charge in [0.1, 0.15) is 5.82 Å². The molecule has 0 saturated carbocycles. The van der Waals surface area contributed by atoms with Crippen molar-refractivity contribution >= 4 is 28.3 Å². The van der Waals surface area contributed by atoms with Gasteiger partial charge in [-0.05, 0) is 30.3 Å². The molecule has 0 spiro atoms. The van der Waals surface area contributed by atoms with Crippen LogP contribution in [0.5, 0.6) is 0 Å². The van der Waals surface area contributed by atoms with E-state index in [0.29, 0.717) is 10.7 Å². The zero-order valence-electron chi connectivity index (χ0n) is 8.94. The number of imidazole rings is 1. The average Bonchev–Trinajstić information content (AvgIpc) is 2.75. The first-order valence-corrected chi connectivity index (χ1v) is 5.62. The lowest BCUT2D eigenvalue weighted by Crippen LogP contribution is -1.90. The van der Waals surface area contributed by atoms with E-state index in [0.717, 1.165) is 22.4 Å². The van der Waals surface area contributed by atoms with Crippen molar-refractivity contribution < 1.29 is 0 Å². The fourth-order valence-electron chi connectivity index (χ4n) is 1.81. The van der Waals surface area contributed by atoms with Gasteiger partial charge < -0.3 is 10.7 Å². The molecule has 84 valence electrons. The highest BCUT2D eigenvalue weighted by atomic mass is 35.5. The summed E-state index contributed by atoms with van der Waals surface area (Å²) >= 11 is 5.97. The number of aromatic nitrogens is 2. The van der Waals surface area contributed by atoms with E-state index in [1.54, 1.807) is 12.1 Å². The number of benzene rings is 2. The van der Waals surface area contributed by atoms with Crippen molar-refractivity contribution in [1.82, 2.24) is 9.97 Å². The molecule has 0 aliphatic rings. The van der Waals surface area contributed by atoms with Crippen LogP contribution in [0.1, 0.15) is 0 Å². The Labute approximate surface area is 103 Å². The van der Waals surface area contributed by atoms with Crippen LogP contribution >= 0.6 is 11.6 Å². The topological polar surface area (TPSA) is 54.7 Å². The van der Waals surface area contributed by atoms with E-state index in [2.05, 4.69) is 9.97 Å². The third kappa shape index (κ3) is 1.74. The van der Waals surface area contributed by atoms with Crippen LogP contribution < -0.4 is 5.73 Å². The molecule has 0 bridgehead atoms. The smallest absolute Gasteiger partial charge is 0.140 e. The average molecular weight is 244 g/mol. The number of nitrogens with zero attached hydrogens (tertiary/aromatic N) is 1. The summed E-state index contributed by atoms with van der Waals surface area (Å²) < 4.78 is 0. The molecule has 0 amide bonds. The quantitative estimate of drug-likeness (QED) is 0.643. The normalized spacial score (nSPS) is 10.9. The second-order valence-corrected chi connectivity index (χ2v) is 4.27. The molecule has 0 atom stereocenters. The van der Waals surface area contributed by atoms with Crippen LogP contribution in [0.2, 0.25) is 5.02 Å². The van der Waals surface area contributed by atoms with Gasteiger partial charge >= 0.3 is 0 Å². The van der Waals surface area contributed by atoms with E-state index in [1.807, 2.05) is 30.3 Å². The Morgan fingerprint density at radius 2 is 1.94 bits per heavy atom. The minimum absolute atomic E-state index is 0.648. The summed E-state index contributed by atoms with van der Waals surface area (Å²) in [5.41, 5.74) is 9.32. The summed E-state index contributed by atoms with van der Waals surface area (Å²) in [4.78, 5) is 7.72. The lowest BCUT2D eigenvalue weighted by molar-refractivity contribution is 1.34. The van der Waals surface area contributed by atoms with Gasteiger partial charge in [-0.2, -0.15) is 0 Å². The molecule has 0 saturated heterocycles. The minimum Gasteiger partial charge on any atom is -0.398 e. The molecule has 0 fully saturated rings. The molecule has 0 unspecified atom stereocenters. The predicted molar refractivity (Wildman–Crippen MR) is 71.0 cm³/mol. The molecule has 4 heteroatoms. The third-order valence-electron chi connectivity index (χ3n) is 2.66. The van der Waals surface area contributed by atoms with Crippen LogP contribution in [0.25, 0.3) is 22.4 Å². The summed E-state index contributed by atoms with van der Waals surface area (Å²) in [7, 11) is 0. The number of hydrogen-bond donors (Lipinski definition) is 2. The Balaban J connectivity index is 2.23. The van der Waals surface area contributed by atoms with Gasteiger partial charge in [-0.25, -0.2) is 4.98 Å². The van der Waals surface area contributed by atoms with E-state index >= 15 is 0 Å². The zero-order valence-corrected chi connectivity index (χ0v) is 9.70. The Morgan fingerprint density at radius 3 is 2.76 bits per heavy atom. The van der Waals surface area contributed by atoms with Crippen LogP contribution in [0.15, 0.2) is 42.5 Å². The maximum Gasteiger partial charge on any atom is 0.140 e. The van der Waals surface area contributed by atoms with Gasteiger partial charge in [0.25, 0.3) is 0 Å². The van der Waals surface area contributed by atoms with E-state index in [4.69, 9.17) is 17.3 Å². The summed E-state index contributed by atoms with van der Waals surface area (Å²) in [5, 5.41) is 0.648. The van der Waals surface area contributed by atoms with Crippen LogP contribution in [-0.4, -0.2) is 9.97 Å². The fourth-order valence-corrected chi connectivity index (χ4v) is 1.99. The van der Waals surface area contributed by atoms with Crippen molar-refractivity contribution in [3.05, 3.63) is 47.5 Å². The van der Waals surface area contributed by atoms with Crippen LogP contribution in [-0.2, 0) is 0 Å². The summed E-state index contributed by atoms with van der Waals surface area (Å²) in [5.74, 6) is 0.742. The Morgan fingerprint density at radius 1 is 1.12 bits per heavy atom. The number of nitrogens with one attached hydrogen (secondary N) is 1. The molecule has 2 aromatic carbocycles. The predicted octanol–water partition coefficient (Wildman–Crippen LogP) is 3.47. The highest BCUT2D eigenvalue weighted by Gasteiger charge is 2.08. The second kappa shape index (κ2) is 3.79. The highest BCUT2D eigenvalue weighted by Crippen LogP contribution is 2.28. The van der Waals surface area contributed by atoms with E-state index < -0.39 is 0 Å². The molecule has 3 nitrogen and oxygen atoms in total. The number of aromatic amines is 1. The monoisotopic (exact) mass is 243 g/mol. The van der Waals surface area contributed by atoms with Crippen molar-refractivity contribution in [2.45, 2.75) is 0 Å². The summed E-state index contributed by atoms with van der Waals surface area (Å²) in [6.45, 7) is 0. The first kappa shape index (κ1) is 10.2. The zero-order chi connectivity index (χ0) is 11.8. The van der Waals surface area contributed by atoms with Gasteiger partial charge in [0.2, 0.25) is 0 Å². The van der Waals surface area contributed by atoms with Crippen LogP contribution in [0, 0.1) is 0 Å². The molecule has 3 rings (SSSR count). The van der Waals surface area contributed by atoms with E-state index in [9.17, 15) is 0 Å². The van der Waals surface area contributed by atoms with Crippen molar-refractivity contribution in [2.24, 2.45) is 0 Å². The molecule has 0 radical (unpaired) electrons. The number of hydrogen-bond acceptors (Lipinski definition) is 2. The van der Waals surface area contributed by atoms with Gasteiger partial charge in [0, 0.05) is 16.3 Å². The Bertz CT molecular complexity index is 655. The SMILES string of the molecule is Nc1ccc(Cl)cc1-c1nc2ccccc2[nH]1. The fraction of sp³-hybridized carbons (Fsp3) is 0. The van der Waals surface area contributed by atoms with E-state index in [-0.39, 0.29) is 0 Å². The maximum absolute atomic E-state index is 5.97. The van der Waals surface area contributed by atoms with Crippen LogP contribution in [0.4, 0.5) is 5.69 Å². The minimum atomic E-state index is 0.648. The van der Waals surface area contributed by atoms with Crippen molar-refractivity contribution in [1.29, 1.82) is 0 Å². The number of para-hydroxylation sites is 2. The number of anilines is 1. The number of fused-ring (bicyclic) bond motifs is 1. The molecule has 3 N–H and O–H groups in total. The highest BCUT2D eigenvalue weighted by molar-refractivity contribution is 6.31. The number of nitrogens with two attached hydrogens (primary N) is 1. The van der Waals surface area contributed by atoms with Gasteiger partial charge in [-0.1, -0.05) is 23.7 Å². The molecule has 1 aromatic heterocycles. The Kier molecular flexibility index (Phi) is 2.27. The van der Waals surface area contributed by atoms with E-state index in [1.165, 1.54) is 0 Å². The molecular weight excluding hydrogens is 234 g/mol. The number of rotatable bonds is 1. The lowest BCUT2D eigenvalue weighted by atomic mass is 10.2. The van der Waals surface area contributed by atoms with Gasteiger partial charge in [0.05, 0.1) is 11.0 Å². The standard InChI is InChI=1S/C13H10ClN3/c14-8-5-6-10(15)9(7-8)13-16-11-3-1-2-4-12(11)17-13/h1-7H,15H2,(H,16,17). The molecule has 0 aliphatic heterocycles. The number of halogens is 1. The largest absolute Gasteiger partial charge is 0.398 e. The van der Waals surface area contributed by atoms with Gasteiger partial charge in [-0.3, -0.25) is 0 Å². The summed E-state index contributed by atoms with van der Waals surface area (Å²) in [6.07, 6.45) is 0. The molecule has 1 heterocycles. The van der Waals surface area contributed by atoms with Crippen LogP contribution in [0.3, 0.4) is 0 Å². The lowest BCUT2D eigenvalue weighted by Gasteiger charge is -2.02. The maximum atomic E-state index is 5.97. The number of H-pyrrole nitrogens is 1. The van der Waals surface area contributed by atoms with Gasteiger partial charge in [0.15, 0.2) is 0 Å².